The monoisotopic (exact) mass is 436 g/mol. The number of guanidine groups is 1. The fraction of sp³-hybridized carbons (Fsp3) is 0.882. The lowest BCUT2D eigenvalue weighted by Gasteiger charge is -2.26. The average Bonchev–Trinajstić information content (AvgIpc) is 3.01. The van der Waals surface area contributed by atoms with Crippen LogP contribution < -0.4 is 10.6 Å². The van der Waals surface area contributed by atoms with Crippen LogP contribution in [-0.2, 0) is 4.79 Å². The Hall–Kier alpha value is -0.530. The van der Waals surface area contributed by atoms with Gasteiger partial charge in [0.1, 0.15) is 0 Å². The minimum Gasteiger partial charge on any atom is -0.357 e. The summed E-state index contributed by atoms with van der Waals surface area (Å²) >= 11 is 0. The van der Waals surface area contributed by atoms with Gasteiger partial charge in [0.15, 0.2) is 5.96 Å². The highest BCUT2D eigenvalue weighted by Crippen LogP contribution is 2.26. The van der Waals surface area contributed by atoms with Crippen LogP contribution in [0.25, 0.3) is 0 Å². The number of rotatable bonds is 5. The molecule has 2 rings (SSSR count). The van der Waals surface area contributed by atoms with Crippen LogP contribution >= 0.6 is 24.0 Å². The lowest BCUT2D eigenvalue weighted by atomic mass is 9.88. The van der Waals surface area contributed by atoms with Gasteiger partial charge in [-0.15, -0.1) is 24.0 Å². The van der Waals surface area contributed by atoms with Crippen LogP contribution in [0.5, 0.6) is 0 Å². The van der Waals surface area contributed by atoms with Crippen molar-refractivity contribution in [1.29, 1.82) is 0 Å². The molecule has 6 heteroatoms. The summed E-state index contributed by atoms with van der Waals surface area (Å²) in [4.78, 5) is 19.2. The van der Waals surface area contributed by atoms with E-state index in [4.69, 9.17) is 0 Å². The molecule has 2 aliphatic rings. The summed E-state index contributed by atoms with van der Waals surface area (Å²) in [5.41, 5.74) is 0. The summed E-state index contributed by atoms with van der Waals surface area (Å²) in [6, 6.07) is 0.335. The number of nitrogens with one attached hydrogen (secondary N) is 2. The molecule has 0 bridgehead atoms. The molecule has 2 fully saturated rings. The van der Waals surface area contributed by atoms with Crippen molar-refractivity contribution in [3.8, 4) is 0 Å². The van der Waals surface area contributed by atoms with Crippen molar-refractivity contribution in [2.45, 2.75) is 64.8 Å². The number of halogens is 1. The third-order valence-electron chi connectivity index (χ3n) is 4.63. The number of carbonyl (C=O) groups is 1. The average molecular weight is 436 g/mol. The maximum atomic E-state index is 12.6. The summed E-state index contributed by atoms with van der Waals surface area (Å²) in [7, 11) is 0. The van der Waals surface area contributed by atoms with Gasteiger partial charge in [-0.1, -0.05) is 26.2 Å². The molecule has 0 aromatic heterocycles. The van der Waals surface area contributed by atoms with Crippen molar-refractivity contribution < 1.29 is 4.79 Å². The van der Waals surface area contributed by atoms with Gasteiger partial charge < -0.3 is 15.5 Å². The lowest BCUT2D eigenvalue weighted by molar-refractivity contribution is -0.135. The van der Waals surface area contributed by atoms with Crippen LogP contribution in [-0.4, -0.2) is 49.0 Å². The molecule has 5 nitrogen and oxygen atoms in total. The highest BCUT2D eigenvalue weighted by atomic mass is 127. The molecule has 0 spiro atoms. The number of amides is 1. The Bertz CT molecular complexity index is 383. The van der Waals surface area contributed by atoms with Gasteiger partial charge in [0, 0.05) is 38.1 Å². The first-order valence-corrected chi connectivity index (χ1v) is 9.08. The number of carbonyl (C=O) groups excluding carboxylic acids is 1. The second kappa shape index (κ2) is 11.1. The molecular weight excluding hydrogens is 403 g/mol. The minimum absolute atomic E-state index is 0. The summed E-state index contributed by atoms with van der Waals surface area (Å²) in [6.45, 7) is 7.63. The smallest absolute Gasteiger partial charge is 0.225 e. The van der Waals surface area contributed by atoms with E-state index in [9.17, 15) is 4.79 Å². The van der Waals surface area contributed by atoms with E-state index < -0.39 is 0 Å². The van der Waals surface area contributed by atoms with Gasteiger partial charge in [-0.05, 0) is 32.6 Å². The Morgan fingerprint density at radius 3 is 2.57 bits per heavy atom. The fourth-order valence-electron chi connectivity index (χ4n) is 3.42. The summed E-state index contributed by atoms with van der Waals surface area (Å²) in [6.07, 6.45) is 8.00. The topological polar surface area (TPSA) is 56.7 Å². The molecule has 1 aliphatic carbocycles. The van der Waals surface area contributed by atoms with Crippen LogP contribution in [0.4, 0.5) is 0 Å². The largest absolute Gasteiger partial charge is 0.357 e. The van der Waals surface area contributed by atoms with Crippen molar-refractivity contribution in [3.05, 3.63) is 0 Å². The van der Waals surface area contributed by atoms with Crippen LogP contribution in [0, 0.1) is 5.92 Å². The van der Waals surface area contributed by atoms with Crippen LogP contribution in [0.2, 0.25) is 0 Å². The molecular formula is C17H33IN4O. The molecule has 1 saturated heterocycles. The maximum Gasteiger partial charge on any atom is 0.225 e. The van der Waals surface area contributed by atoms with Gasteiger partial charge in [0.05, 0.1) is 0 Å². The van der Waals surface area contributed by atoms with E-state index in [1.54, 1.807) is 0 Å². The van der Waals surface area contributed by atoms with E-state index in [1.807, 2.05) is 0 Å². The van der Waals surface area contributed by atoms with Crippen LogP contribution in [0.3, 0.4) is 0 Å². The molecule has 0 aromatic rings. The van der Waals surface area contributed by atoms with Gasteiger partial charge >= 0.3 is 0 Å². The Morgan fingerprint density at radius 1 is 1.17 bits per heavy atom. The lowest BCUT2D eigenvalue weighted by Crippen LogP contribution is -2.45. The summed E-state index contributed by atoms with van der Waals surface area (Å²) in [5, 5.41) is 6.77. The van der Waals surface area contributed by atoms with Crippen molar-refractivity contribution in [2.75, 3.05) is 26.2 Å². The Labute approximate surface area is 158 Å². The van der Waals surface area contributed by atoms with Gasteiger partial charge in [0.2, 0.25) is 5.91 Å². The third-order valence-corrected chi connectivity index (χ3v) is 4.63. The van der Waals surface area contributed by atoms with Gasteiger partial charge in [-0.2, -0.15) is 0 Å². The zero-order valence-electron chi connectivity index (χ0n) is 14.6. The van der Waals surface area contributed by atoms with E-state index in [0.717, 1.165) is 57.8 Å². The maximum absolute atomic E-state index is 12.6. The predicted octanol–water partition coefficient (Wildman–Crippen LogP) is 2.75. The zero-order chi connectivity index (χ0) is 15.8. The van der Waals surface area contributed by atoms with Crippen molar-refractivity contribution in [2.24, 2.45) is 10.9 Å². The van der Waals surface area contributed by atoms with E-state index in [-0.39, 0.29) is 29.9 Å². The van der Waals surface area contributed by atoms with Crippen molar-refractivity contribution >= 4 is 35.8 Å². The highest BCUT2D eigenvalue weighted by Gasteiger charge is 2.31. The molecule has 23 heavy (non-hydrogen) atoms. The molecule has 0 aromatic carbocycles. The van der Waals surface area contributed by atoms with Gasteiger partial charge in [-0.3, -0.25) is 9.79 Å². The molecule has 1 amide bonds. The summed E-state index contributed by atoms with van der Waals surface area (Å²) < 4.78 is 0. The number of aliphatic imine (C=N–C) groups is 1. The Kier molecular flexibility index (Phi) is 9.90. The highest BCUT2D eigenvalue weighted by molar-refractivity contribution is 14.0. The molecule has 1 aliphatic heterocycles. The molecule has 1 saturated carbocycles. The van der Waals surface area contributed by atoms with E-state index in [2.05, 4.69) is 34.4 Å². The second-order valence-electron chi connectivity index (χ2n) is 6.51. The Morgan fingerprint density at radius 2 is 1.91 bits per heavy atom. The van der Waals surface area contributed by atoms with Crippen molar-refractivity contribution in [3.63, 3.8) is 0 Å². The number of hydrogen-bond donors (Lipinski definition) is 2. The molecule has 134 valence electrons. The standard InChI is InChI=1S/C17H32N4O.HI/c1-3-11-19-17(18-4-2)20-15-10-12-21(13-15)16(22)14-8-6-5-7-9-14;/h14-15H,3-13H2,1-2H3,(H2,18,19,20);1H. The predicted molar refractivity (Wildman–Crippen MR) is 106 cm³/mol. The molecule has 0 radical (unpaired) electrons. The van der Waals surface area contributed by atoms with Crippen LogP contribution in [0.1, 0.15) is 58.8 Å². The van der Waals surface area contributed by atoms with E-state index >= 15 is 0 Å². The molecule has 2 N–H and O–H groups in total. The SMILES string of the molecule is CCCN=C(NCC)NC1CCN(C(=O)C2CCCCC2)C1.I. The van der Waals surface area contributed by atoms with Crippen molar-refractivity contribution in [1.82, 2.24) is 15.5 Å². The molecule has 1 heterocycles. The fourth-order valence-corrected chi connectivity index (χ4v) is 3.42. The number of likely N-dealkylation sites (tertiary alicyclic amines) is 1. The Balaban J connectivity index is 0.00000264. The number of hydrogen-bond acceptors (Lipinski definition) is 2. The van der Waals surface area contributed by atoms with Crippen LogP contribution in [0.15, 0.2) is 4.99 Å². The summed E-state index contributed by atoms with van der Waals surface area (Å²) in [5.74, 6) is 1.57. The third kappa shape index (κ3) is 6.47. The molecule has 1 unspecified atom stereocenters. The first-order chi connectivity index (χ1) is 10.7. The minimum atomic E-state index is 0. The quantitative estimate of drug-likeness (QED) is 0.396. The first-order valence-electron chi connectivity index (χ1n) is 9.08. The van der Waals surface area contributed by atoms with Gasteiger partial charge in [0.25, 0.3) is 0 Å². The second-order valence-corrected chi connectivity index (χ2v) is 6.51. The van der Waals surface area contributed by atoms with E-state index in [0.29, 0.717) is 11.9 Å². The first kappa shape index (κ1) is 20.5. The van der Waals surface area contributed by atoms with Gasteiger partial charge in [-0.25, -0.2) is 0 Å². The molecule has 1 atom stereocenters. The zero-order valence-corrected chi connectivity index (χ0v) is 17.0. The normalized spacial score (nSPS) is 22.6. The van der Waals surface area contributed by atoms with E-state index in [1.165, 1.54) is 19.3 Å². The number of nitrogens with zero attached hydrogens (tertiary/aromatic N) is 2.